The zero-order valence-corrected chi connectivity index (χ0v) is 25.1. The molecule has 10 heteroatoms. The summed E-state index contributed by atoms with van der Waals surface area (Å²) < 4.78 is 36.6. The van der Waals surface area contributed by atoms with Gasteiger partial charge < -0.3 is 9.09 Å². The number of fused-ring (bicyclic) bond motifs is 1. The number of hydrogen-bond acceptors (Lipinski definition) is 7. The molecule has 208 valence electrons. The molecule has 0 unspecified atom stereocenters. The van der Waals surface area contributed by atoms with Crippen LogP contribution in [0.5, 0.6) is 0 Å². The maximum Gasteiger partial charge on any atom is 0.273 e. The van der Waals surface area contributed by atoms with Crippen molar-refractivity contribution < 1.29 is 12.9 Å². The normalized spacial score (nSPS) is 11.8. The van der Waals surface area contributed by atoms with E-state index in [1.54, 1.807) is 24.5 Å². The number of aryl methyl sites for hydroxylation is 5. The van der Waals surface area contributed by atoms with E-state index in [0.29, 0.717) is 23.4 Å². The Morgan fingerprint density at radius 3 is 2.40 bits per heavy atom. The van der Waals surface area contributed by atoms with Gasteiger partial charge in [0.05, 0.1) is 12.1 Å². The van der Waals surface area contributed by atoms with Crippen molar-refractivity contribution in [3.63, 3.8) is 0 Å². The molecular formula is C30H32N4O4S2. The summed E-state index contributed by atoms with van der Waals surface area (Å²) >= 11 is 1.21. The molecule has 0 fully saturated rings. The van der Waals surface area contributed by atoms with Crippen molar-refractivity contribution >= 4 is 38.1 Å². The molecule has 4 aromatic heterocycles. The topological polar surface area (TPSA) is 107 Å². The van der Waals surface area contributed by atoms with Gasteiger partial charge in [-0.25, -0.2) is 8.42 Å². The van der Waals surface area contributed by atoms with Crippen LogP contribution in [0.4, 0.5) is 5.82 Å². The molecule has 8 nitrogen and oxygen atoms in total. The van der Waals surface area contributed by atoms with E-state index in [2.05, 4.69) is 23.7 Å². The fourth-order valence-corrected chi connectivity index (χ4v) is 7.61. The molecule has 0 aliphatic rings. The summed E-state index contributed by atoms with van der Waals surface area (Å²) in [7, 11) is -3.90. The average molecular weight is 577 g/mol. The highest BCUT2D eigenvalue weighted by Gasteiger charge is 2.26. The Balaban J connectivity index is 1.53. The van der Waals surface area contributed by atoms with E-state index >= 15 is 0 Å². The lowest BCUT2D eigenvalue weighted by Gasteiger charge is -2.15. The van der Waals surface area contributed by atoms with Gasteiger partial charge in [-0.15, -0.1) is 11.3 Å². The van der Waals surface area contributed by atoms with Gasteiger partial charge in [-0.1, -0.05) is 37.2 Å². The molecule has 5 rings (SSSR count). The molecule has 5 aromatic rings. The van der Waals surface area contributed by atoms with Gasteiger partial charge in [0.2, 0.25) is 0 Å². The second-order valence-electron chi connectivity index (χ2n) is 9.98. The van der Waals surface area contributed by atoms with Crippen molar-refractivity contribution in [3.8, 4) is 11.1 Å². The lowest BCUT2D eigenvalue weighted by molar-refractivity contribution is 0.399. The third kappa shape index (κ3) is 5.09. The summed E-state index contributed by atoms with van der Waals surface area (Å²) in [5, 5.41) is 4.85. The lowest BCUT2D eigenvalue weighted by atomic mass is 10.00. The molecule has 0 atom stereocenters. The molecule has 0 saturated carbocycles. The third-order valence-electron chi connectivity index (χ3n) is 7.19. The van der Waals surface area contributed by atoms with Gasteiger partial charge in [0.1, 0.15) is 9.97 Å². The van der Waals surface area contributed by atoms with Gasteiger partial charge >= 0.3 is 0 Å². The fourth-order valence-electron chi connectivity index (χ4n) is 4.91. The largest absolute Gasteiger partial charge is 0.359 e. The molecule has 0 aliphatic carbocycles. The molecule has 0 spiro atoms. The zero-order valence-electron chi connectivity index (χ0n) is 23.5. The van der Waals surface area contributed by atoms with Gasteiger partial charge in [-0.3, -0.25) is 14.5 Å². The Bertz CT molecular complexity index is 1920. The first-order valence-electron chi connectivity index (χ1n) is 13.2. The number of nitrogens with zero attached hydrogens (tertiary/aromatic N) is 3. The minimum Gasteiger partial charge on any atom is -0.359 e. The first kappa shape index (κ1) is 27.8. The number of sulfonamides is 1. The predicted octanol–water partition coefficient (Wildman–Crippen LogP) is 6.32. The number of thiophene rings is 1. The molecule has 0 amide bonds. The smallest absolute Gasteiger partial charge is 0.273 e. The van der Waals surface area contributed by atoms with Crippen molar-refractivity contribution in [2.45, 2.75) is 65.1 Å². The highest BCUT2D eigenvalue weighted by atomic mass is 32.2. The van der Waals surface area contributed by atoms with Crippen LogP contribution in [0.1, 0.15) is 52.6 Å². The molecular weight excluding hydrogens is 544 g/mol. The van der Waals surface area contributed by atoms with Gasteiger partial charge in [-0.05, 0) is 75.4 Å². The maximum atomic E-state index is 13.4. The Morgan fingerprint density at radius 1 is 0.975 bits per heavy atom. The molecule has 4 heterocycles. The Hall–Kier alpha value is -3.76. The van der Waals surface area contributed by atoms with E-state index in [1.165, 1.54) is 11.3 Å². The van der Waals surface area contributed by atoms with Gasteiger partial charge in [0, 0.05) is 38.8 Å². The van der Waals surface area contributed by atoms with Crippen molar-refractivity contribution in [1.82, 2.24) is 14.7 Å². The third-order valence-corrected chi connectivity index (χ3v) is 10.1. The van der Waals surface area contributed by atoms with E-state index in [4.69, 9.17) is 9.51 Å². The van der Waals surface area contributed by atoms with E-state index in [9.17, 15) is 13.2 Å². The summed E-state index contributed by atoms with van der Waals surface area (Å²) in [4.78, 5) is 18.6. The monoisotopic (exact) mass is 576 g/mol. The Morgan fingerprint density at radius 2 is 1.75 bits per heavy atom. The molecule has 1 N–H and O–H groups in total. The second-order valence-corrected chi connectivity index (χ2v) is 13.1. The van der Waals surface area contributed by atoms with Crippen molar-refractivity contribution in [2.24, 2.45) is 0 Å². The highest BCUT2D eigenvalue weighted by Crippen LogP contribution is 2.38. The standard InChI is InChI=1S/C30H32N4O4S2/c1-7-22-15-27-24(26(8-2)31-22)11-12-28(35)34(27)16-21-9-10-23(17(3)13-21)25-14-18(4)39-30(25)40(36,37)33-29-19(5)20(6)38-32-29/h9-15H,7-8,16H2,1-6H3,(H,32,33). The number of benzene rings is 1. The summed E-state index contributed by atoms with van der Waals surface area (Å²) in [6, 6.07) is 13.3. The molecule has 1 aromatic carbocycles. The lowest BCUT2D eigenvalue weighted by Crippen LogP contribution is -2.21. The van der Waals surface area contributed by atoms with Crippen LogP contribution in [0.2, 0.25) is 0 Å². The van der Waals surface area contributed by atoms with Crippen LogP contribution in [0.3, 0.4) is 0 Å². The van der Waals surface area contributed by atoms with Crippen molar-refractivity contribution in [2.75, 3.05) is 4.72 Å². The second kappa shape index (κ2) is 10.7. The van der Waals surface area contributed by atoms with Crippen LogP contribution in [0.25, 0.3) is 22.0 Å². The Labute approximate surface area is 237 Å². The summed E-state index contributed by atoms with van der Waals surface area (Å²) in [6.45, 7) is 11.9. The minimum absolute atomic E-state index is 0.0733. The average Bonchev–Trinajstić information content (AvgIpc) is 3.47. The fraction of sp³-hybridized carbons (Fsp3) is 0.300. The molecule has 0 bridgehead atoms. The van der Waals surface area contributed by atoms with E-state index < -0.39 is 10.0 Å². The summed E-state index contributed by atoms with van der Waals surface area (Å²) in [6.07, 6.45) is 1.57. The predicted molar refractivity (Wildman–Crippen MR) is 160 cm³/mol. The van der Waals surface area contributed by atoms with Crippen molar-refractivity contribution in [3.05, 3.63) is 91.5 Å². The van der Waals surface area contributed by atoms with Crippen LogP contribution in [-0.2, 0) is 29.4 Å². The summed E-state index contributed by atoms with van der Waals surface area (Å²) in [5.41, 5.74) is 6.71. The summed E-state index contributed by atoms with van der Waals surface area (Å²) in [5.74, 6) is 0.750. The quantitative estimate of drug-likeness (QED) is 0.232. The highest BCUT2D eigenvalue weighted by molar-refractivity contribution is 7.94. The maximum absolute atomic E-state index is 13.4. The van der Waals surface area contributed by atoms with Crippen LogP contribution in [-0.4, -0.2) is 23.1 Å². The molecule has 0 saturated heterocycles. The van der Waals surface area contributed by atoms with E-state index in [-0.39, 0.29) is 15.6 Å². The number of pyridine rings is 2. The Kier molecular flexibility index (Phi) is 7.41. The zero-order chi connectivity index (χ0) is 28.8. The minimum atomic E-state index is -3.90. The van der Waals surface area contributed by atoms with Gasteiger partial charge in [-0.2, -0.15) is 0 Å². The van der Waals surface area contributed by atoms with Crippen LogP contribution < -0.4 is 10.3 Å². The van der Waals surface area contributed by atoms with Crippen LogP contribution >= 0.6 is 11.3 Å². The van der Waals surface area contributed by atoms with E-state index in [0.717, 1.165) is 56.7 Å². The number of aromatic nitrogens is 3. The molecule has 0 radical (unpaired) electrons. The molecule has 0 aliphatic heterocycles. The first-order valence-corrected chi connectivity index (χ1v) is 15.5. The van der Waals surface area contributed by atoms with Crippen LogP contribution in [0.15, 0.2) is 56.0 Å². The molecule has 40 heavy (non-hydrogen) atoms. The first-order chi connectivity index (χ1) is 19.0. The van der Waals surface area contributed by atoms with Gasteiger partial charge in [0.15, 0.2) is 5.82 Å². The SMILES string of the molecule is CCc1cc2c(ccc(=O)n2Cc2ccc(-c3cc(C)sc3S(=O)(=O)Nc3noc(C)c3C)c(C)c2)c(CC)n1. The van der Waals surface area contributed by atoms with E-state index in [1.807, 2.05) is 50.2 Å². The van der Waals surface area contributed by atoms with Crippen LogP contribution in [0, 0.1) is 27.7 Å². The van der Waals surface area contributed by atoms with Crippen molar-refractivity contribution in [1.29, 1.82) is 0 Å². The van der Waals surface area contributed by atoms with Gasteiger partial charge in [0.25, 0.3) is 15.6 Å². The number of anilines is 1. The number of hydrogen-bond donors (Lipinski definition) is 1. The number of rotatable bonds is 8. The number of nitrogens with one attached hydrogen (secondary N) is 1.